The summed E-state index contributed by atoms with van der Waals surface area (Å²) < 4.78 is 0. The van der Waals surface area contributed by atoms with Gasteiger partial charge in [-0.1, -0.05) is 0 Å². The topological polar surface area (TPSA) is 33.2 Å². The second-order valence-corrected chi connectivity index (χ2v) is 5.42. The van der Waals surface area contributed by atoms with Gasteiger partial charge in [-0.3, -0.25) is 9.80 Å². The molecule has 0 radical (unpaired) electrons. The SMILES string of the molecule is CN1CCN(CC(O)N2CCN(C)CC2)CC1. The average molecular weight is 242 g/mol. The van der Waals surface area contributed by atoms with Gasteiger partial charge in [0.2, 0.25) is 0 Å². The van der Waals surface area contributed by atoms with E-state index in [2.05, 4.69) is 33.7 Å². The van der Waals surface area contributed by atoms with E-state index in [1.807, 2.05) is 0 Å². The lowest BCUT2D eigenvalue weighted by atomic mass is 10.2. The van der Waals surface area contributed by atoms with E-state index >= 15 is 0 Å². The Balaban J connectivity index is 1.71. The maximum atomic E-state index is 10.2. The van der Waals surface area contributed by atoms with Crippen molar-refractivity contribution in [2.24, 2.45) is 0 Å². The quantitative estimate of drug-likeness (QED) is 0.672. The van der Waals surface area contributed by atoms with Crippen LogP contribution in [0.1, 0.15) is 0 Å². The monoisotopic (exact) mass is 242 g/mol. The Morgan fingerprint density at radius 2 is 1.29 bits per heavy atom. The molecule has 0 aliphatic carbocycles. The Labute approximate surface area is 105 Å². The van der Waals surface area contributed by atoms with Crippen molar-refractivity contribution in [2.45, 2.75) is 6.23 Å². The fraction of sp³-hybridized carbons (Fsp3) is 1.00. The Morgan fingerprint density at radius 3 is 1.82 bits per heavy atom. The van der Waals surface area contributed by atoms with Crippen LogP contribution in [0.3, 0.4) is 0 Å². The lowest BCUT2D eigenvalue weighted by molar-refractivity contribution is -0.0458. The van der Waals surface area contributed by atoms with Crippen molar-refractivity contribution in [1.82, 2.24) is 19.6 Å². The van der Waals surface area contributed by atoms with Gasteiger partial charge in [-0.05, 0) is 14.1 Å². The Hall–Kier alpha value is -0.200. The molecule has 0 aromatic rings. The molecule has 0 bridgehead atoms. The molecular weight excluding hydrogens is 216 g/mol. The van der Waals surface area contributed by atoms with E-state index in [0.717, 1.165) is 58.9 Å². The summed E-state index contributed by atoms with van der Waals surface area (Å²) in [4.78, 5) is 9.25. The van der Waals surface area contributed by atoms with Crippen LogP contribution in [0.5, 0.6) is 0 Å². The molecule has 5 heteroatoms. The first-order valence-electron chi connectivity index (χ1n) is 6.67. The molecule has 0 aromatic heterocycles. The maximum absolute atomic E-state index is 10.2. The van der Waals surface area contributed by atoms with E-state index in [1.54, 1.807) is 0 Å². The molecule has 2 saturated heterocycles. The Kier molecular flexibility index (Phi) is 4.76. The van der Waals surface area contributed by atoms with Crippen LogP contribution in [-0.2, 0) is 0 Å². The maximum Gasteiger partial charge on any atom is 0.120 e. The minimum atomic E-state index is -0.285. The molecule has 0 saturated carbocycles. The first-order valence-corrected chi connectivity index (χ1v) is 6.67. The van der Waals surface area contributed by atoms with Crippen LogP contribution in [0, 0.1) is 0 Å². The van der Waals surface area contributed by atoms with Crippen molar-refractivity contribution in [3.63, 3.8) is 0 Å². The third-order valence-corrected chi connectivity index (χ3v) is 3.98. The fourth-order valence-electron chi connectivity index (χ4n) is 2.50. The van der Waals surface area contributed by atoms with Crippen molar-refractivity contribution in [3.8, 4) is 0 Å². The minimum Gasteiger partial charge on any atom is -0.377 e. The average Bonchev–Trinajstić information content (AvgIpc) is 2.33. The molecule has 2 aliphatic heterocycles. The molecule has 17 heavy (non-hydrogen) atoms. The van der Waals surface area contributed by atoms with Gasteiger partial charge in [0.15, 0.2) is 0 Å². The Bertz CT molecular complexity index is 223. The van der Waals surface area contributed by atoms with Crippen molar-refractivity contribution in [3.05, 3.63) is 0 Å². The Morgan fingerprint density at radius 1 is 0.824 bits per heavy atom. The highest BCUT2D eigenvalue weighted by Crippen LogP contribution is 2.06. The van der Waals surface area contributed by atoms with Crippen molar-refractivity contribution in [1.29, 1.82) is 0 Å². The summed E-state index contributed by atoms with van der Waals surface area (Å²) in [6.45, 7) is 9.33. The molecule has 2 aliphatic rings. The molecule has 100 valence electrons. The fourth-order valence-corrected chi connectivity index (χ4v) is 2.50. The number of aliphatic hydroxyl groups is 1. The molecule has 1 N–H and O–H groups in total. The summed E-state index contributed by atoms with van der Waals surface area (Å²) in [5, 5.41) is 10.2. The molecule has 0 amide bonds. The van der Waals surface area contributed by atoms with Gasteiger partial charge < -0.3 is 14.9 Å². The van der Waals surface area contributed by atoms with Gasteiger partial charge in [-0.2, -0.15) is 0 Å². The second-order valence-electron chi connectivity index (χ2n) is 5.42. The largest absolute Gasteiger partial charge is 0.377 e. The molecular formula is C12H26N4O. The molecule has 2 heterocycles. The van der Waals surface area contributed by atoms with Crippen LogP contribution in [0.2, 0.25) is 0 Å². The summed E-state index contributed by atoms with van der Waals surface area (Å²) in [5.41, 5.74) is 0. The van der Waals surface area contributed by atoms with Crippen LogP contribution in [0.15, 0.2) is 0 Å². The number of likely N-dealkylation sites (N-methyl/N-ethyl adjacent to an activating group) is 2. The van der Waals surface area contributed by atoms with Gasteiger partial charge in [0.1, 0.15) is 6.23 Å². The highest BCUT2D eigenvalue weighted by atomic mass is 16.3. The van der Waals surface area contributed by atoms with Crippen LogP contribution in [-0.4, -0.2) is 104 Å². The molecule has 1 unspecified atom stereocenters. The third-order valence-electron chi connectivity index (χ3n) is 3.98. The second kappa shape index (κ2) is 6.11. The number of aliphatic hydroxyl groups excluding tert-OH is 1. The normalized spacial score (nSPS) is 28.4. The smallest absolute Gasteiger partial charge is 0.120 e. The van der Waals surface area contributed by atoms with Crippen LogP contribution < -0.4 is 0 Å². The number of hydrogen-bond donors (Lipinski definition) is 1. The zero-order valence-corrected chi connectivity index (χ0v) is 11.2. The van der Waals surface area contributed by atoms with E-state index < -0.39 is 0 Å². The van der Waals surface area contributed by atoms with Crippen LogP contribution in [0.25, 0.3) is 0 Å². The summed E-state index contributed by atoms with van der Waals surface area (Å²) in [6, 6.07) is 0. The summed E-state index contributed by atoms with van der Waals surface area (Å²) in [7, 11) is 4.30. The summed E-state index contributed by atoms with van der Waals surface area (Å²) in [5.74, 6) is 0. The van der Waals surface area contributed by atoms with Gasteiger partial charge in [0.25, 0.3) is 0 Å². The van der Waals surface area contributed by atoms with Gasteiger partial charge in [-0.15, -0.1) is 0 Å². The molecule has 5 nitrogen and oxygen atoms in total. The van der Waals surface area contributed by atoms with Crippen LogP contribution >= 0.6 is 0 Å². The predicted molar refractivity (Wildman–Crippen MR) is 69.0 cm³/mol. The zero-order chi connectivity index (χ0) is 12.3. The van der Waals surface area contributed by atoms with Crippen LogP contribution in [0.4, 0.5) is 0 Å². The standard InChI is InChI=1S/C12H26N4O/c1-13-3-7-15(8-4-13)11-12(17)16-9-5-14(2)6-10-16/h12,17H,3-11H2,1-2H3. The van der Waals surface area contributed by atoms with Gasteiger partial charge in [0, 0.05) is 58.9 Å². The first kappa shape index (κ1) is 13.2. The lowest BCUT2D eigenvalue weighted by Crippen LogP contribution is -2.54. The van der Waals surface area contributed by atoms with Crippen molar-refractivity contribution >= 4 is 0 Å². The highest BCUT2D eigenvalue weighted by Gasteiger charge is 2.23. The lowest BCUT2D eigenvalue weighted by Gasteiger charge is -2.39. The molecule has 2 fully saturated rings. The van der Waals surface area contributed by atoms with E-state index in [4.69, 9.17) is 0 Å². The highest BCUT2D eigenvalue weighted by molar-refractivity contribution is 4.76. The summed E-state index contributed by atoms with van der Waals surface area (Å²) in [6.07, 6.45) is -0.285. The number of β-amino-alcohol motifs (C(OH)–C–C–N with tert-alkyl or cyclic N) is 1. The molecule has 0 spiro atoms. The van der Waals surface area contributed by atoms with Crippen molar-refractivity contribution in [2.75, 3.05) is 73.0 Å². The molecule has 0 aromatic carbocycles. The predicted octanol–water partition coefficient (Wildman–Crippen LogP) is -1.20. The molecule has 1 atom stereocenters. The van der Waals surface area contributed by atoms with E-state index in [9.17, 15) is 5.11 Å². The van der Waals surface area contributed by atoms with Gasteiger partial charge in [-0.25, -0.2) is 0 Å². The third kappa shape index (κ3) is 3.89. The minimum absolute atomic E-state index is 0.285. The van der Waals surface area contributed by atoms with E-state index in [0.29, 0.717) is 0 Å². The number of nitrogens with zero attached hydrogens (tertiary/aromatic N) is 4. The van der Waals surface area contributed by atoms with E-state index in [1.165, 1.54) is 0 Å². The van der Waals surface area contributed by atoms with E-state index in [-0.39, 0.29) is 6.23 Å². The number of hydrogen-bond acceptors (Lipinski definition) is 5. The van der Waals surface area contributed by atoms with Crippen molar-refractivity contribution < 1.29 is 5.11 Å². The molecule has 2 rings (SSSR count). The van der Waals surface area contributed by atoms with Gasteiger partial charge >= 0.3 is 0 Å². The number of piperazine rings is 2. The zero-order valence-electron chi connectivity index (χ0n) is 11.2. The number of rotatable bonds is 3. The summed E-state index contributed by atoms with van der Waals surface area (Å²) >= 11 is 0. The first-order chi connectivity index (χ1) is 8.15. The van der Waals surface area contributed by atoms with Gasteiger partial charge in [0.05, 0.1) is 0 Å².